The maximum absolute atomic E-state index is 12.2. The van der Waals surface area contributed by atoms with Crippen molar-refractivity contribution in [1.29, 1.82) is 0 Å². The van der Waals surface area contributed by atoms with E-state index in [1.54, 1.807) is 13.3 Å². The van der Waals surface area contributed by atoms with E-state index in [0.717, 1.165) is 22.6 Å². The molecular weight excluding hydrogens is 326 g/mol. The van der Waals surface area contributed by atoms with E-state index in [9.17, 15) is 4.79 Å². The Bertz CT molecular complexity index is 875. The fraction of sp³-hybridized carbons (Fsp3) is 0.143. The number of pyridine rings is 1. The van der Waals surface area contributed by atoms with Gasteiger partial charge in [0.05, 0.1) is 25.4 Å². The van der Waals surface area contributed by atoms with Gasteiger partial charge in [0, 0.05) is 5.69 Å². The van der Waals surface area contributed by atoms with Gasteiger partial charge in [-0.1, -0.05) is 29.8 Å². The number of anilines is 3. The summed E-state index contributed by atoms with van der Waals surface area (Å²) in [6, 6.07) is 19.2. The van der Waals surface area contributed by atoms with E-state index in [-0.39, 0.29) is 5.91 Å². The maximum atomic E-state index is 12.2. The van der Waals surface area contributed by atoms with Crippen molar-refractivity contribution in [2.24, 2.45) is 0 Å². The van der Waals surface area contributed by atoms with E-state index in [1.165, 1.54) is 0 Å². The zero-order valence-corrected chi connectivity index (χ0v) is 14.8. The Balaban J connectivity index is 1.57. The molecule has 0 aliphatic rings. The van der Waals surface area contributed by atoms with Crippen LogP contribution in [0.5, 0.6) is 5.75 Å². The molecule has 132 valence electrons. The molecule has 3 aromatic rings. The summed E-state index contributed by atoms with van der Waals surface area (Å²) in [6.07, 6.45) is 1.98. The van der Waals surface area contributed by atoms with Crippen LogP contribution in [0, 0.1) is 6.92 Å². The number of aryl methyl sites for hydroxylation is 1. The SMILES string of the molecule is COc1ccc(Nc2ccc(NC(=O)Cc3cccc(C)c3)cn2)cc1. The van der Waals surface area contributed by atoms with Crippen molar-refractivity contribution >= 4 is 23.1 Å². The van der Waals surface area contributed by atoms with Crippen molar-refractivity contribution in [2.75, 3.05) is 17.7 Å². The molecule has 1 aromatic heterocycles. The summed E-state index contributed by atoms with van der Waals surface area (Å²) in [5, 5.41) is 6.07. The Labute approximate surface area is 153 Å². The highest BCUT2D eigenvalue weighted by Crippen LogP contribution is 2.19. The molecule has 0 aliphatic carbocycles. The van der Waals surface area contributed by atoms with Crippen molar-refractivity contribution in [1.82, 2.24) is 4.98 Å². The van der Waals surface area contributed by atoms with Crippen LogP contribution in [0.2, 0.25) is 0 Å². The number of amides is 1. The average molecular weight is 347 g/mol. The molecule has 0 aliphatic heterocycles. The lowest BCUT2D eigenvalue weighted by atomic mass is 10.1. The first-order valence-electron chi connectivity index (χ1n) is 8.35. The predicted octanol–water partition coefficient (Wildman–Crippen LogP) is 4.32. The minimum atomic E-state index is -0.0618. The van der Waals surface area contributed by atoms with Crippen LogP contribution in [0.4, 0.5) is 17.2 Å². The second kappa shape index (κ2) is 8.16. The highest BCUT2D eigenvalue weighted by molar-refractivity contribution is 5.92. The number of nitrogens with one attached hydrogen (secondary N) is 2. The molecule has 1 heterocycles. The Morgan fingerprint density at radius 2 is 1.81 bits per heavy atom. The van der Waals surface area contributed by atoms with Gasteiger partial charge in [0.25, 0.3) is 0 Å². The Morgan fingerprint density at radius 1 is 1.04 bits per heavy atom. The van der Waals surface area contributed by atoms with E-state index in [4.69, 9.17) is 4.74 Å². The lowest BCUT2D eigenvalue weighted by Gasteiger charge is -2.09. The molecule has 2 aromatic carbocycles. The first-order valence-corrected chi connectivity index (χ1v) is 8.35. The fourth-order valence-electron chi connectivity index (χ4n) is 2.58. The molecule has 26 heavy (non-hydrogen) atoms. The quantitative estimate of drug-likeness (QED) is 0.697. The molecule has 0 radical (unpaired) electrons. The lowest BCUT2D eigenvalue weighted by Crippen LogP contribution is -2.14. The van der Waals surface area contributed by atoms with Gasteiger partial charge in [-0.15, -0.1) is 0 Å². The molecule has 0 spiro atoms. The molecule has 0 atom stereocenters. The van der Waals surface area contributed by atoms with E-state index < -0.39 is 0 Å². The van der Waals surface area contributed by atoms with Crippen LogP contribution in [0.1, 0.15) is 11.1 Å². The van der Waals surface area contributed by atoms with Gasteiger partial charge in [0.15, 0.2) is 0 Å². The first kappa shape index (κ1) is 17.5. The Kier molecular flexibility index (Phi) is 5.49. The standard InChI is InChI=1S/C21H21N3O2/c1-15-4-3-5-16(12-15)13-21(25)24-18-8-11-20(22-14-18)23-17-6-9-19(26-2)10-7-17/h3-12,14H,13H2,1-2H3,(H,22,23)(H,24,25). The highest BCUT2D eigenvalue weighted by Gasteiger charge is 2.05. The summed E-state index contributed by atoms with van der Waals surface area (Å²) < 4.78 is 5.14. The monoisotopic (exact) mass is 347 g/mol. The van der Waals surface area contributed by atoms with Gasteiger partial charge in [-0.05, 0) is 48.9 Å². The first-order chi connectivity index (χ1) is 12.6. The van der Waals surface area contributed by atoms with Gasteiger partial charge in [-0.3, -0.25) is 4.79 Å². The molecule has 0 saturated carbocycles. The zero-order chi connectivity index (χ0) is 18.4. The van der Waals surface area contributed by atoms with Crippen LogP contribution in [-0.2, 0) is 11.2 Å². The summed E-state index contributed by atoms with van der Waals surface area (Å²) >= 11 is 0. The van der Waals surface area contributed by atoms with Gasteiger partial charge < -0.3 is 15.4 Å². The van der Waals surface area contributed by atoms with Gasteiger partial charge >= 0.3 is 0 Å². The number of benzene rings is 2. The van der Waals surface area contributed by atoms with Crippen LogP contribution in [0.25, 0.3) is 0 Å². The fourth-order valence-corrected chi connectivity index (χ4v) is 2.58. The number of rotatable bonds is 6. The van der Waals surface area contributed by atoms with Gasteiger partial charge in [-0.2, -0.15) is 0 Å². The molecule has 0 fully saturated rings. The molecule has 1 amide bonds. The van der Waals surface area contributed by atoms with Crippen LogP contribution >= 0.6 is 0 Å². The van der Waals surface area contributed by atoms with Crippen molar-refractivity contribution in [2.45, 2.75) is 13.3 Å². The molecule has 5 nitrogen and oxygen atoms in total. The predicted molar refractivity (Wildman–Crippen MR) is 104 cm³/mol. The average Bonchev–Trinajstić information content (AvgIpc) is 2.64. The Hall–Kier alpha value is -3.34. The number of hydrogen-bond acceptors (Lipinski definition) is 4. The number of nitrogens with zero attached hydrogens (tertiary/aromatic N) is 1. The lowest BCUT2D eigenvalue weighted by molar-refractivity contribution is -0.115. The van der Waals surface area contributed by atoms with E-state index >= 15 is 0 Å². The van der Waals surface area contributed by atoms with Crippen molar-refractivity contribution in [3.05, 3.63) is 78.0 Å². The second-order valence-corrected chi connectivity index (χ2v) is 6.00. The Morgan fingerprint density at radius 3 is 2.46 bits per heavy atom. The normalized spacial score (nSPS) is 10.2. The number of ether oxygens (including phenoxy) is 1. The van der Waals surface area contributed by atoms with Crippen LogP contribution < -0.4 is 15.4 Å². The summed E-state index contributed by atoms with van der Waals surface area (Å²) in [6.45, 7) is 2.01. The third kappa shape index (κ3) is 4.83. The topological polar surface area (TPSA) is 63.2 Å². The number of aromatic nitrogens is 1. The van der Waals surface area contributed by atoms with Gasteiger partial charge in [-0.25, -0.2) is 4.98 Å². The molecular formula is C21H21N3O2. The zero-order valence-electron chi connectivity index (χ0n) is 14.8. The third-order valence-electron chi connectivity index (χ3n) is 3.86. The maximum Gasteiger partial charge on any atom is 0.228 e. The number of hydrogen-bond donors (Lipinski definition) is 2. The van der Waals surface area contributed by atoms with Crippen molar-refractivity contribution < 1.29 is 9.53 Å². The molecule has 0 unspecified atom stereocenters. The van der Waals surface area contributed by atoms with Crippen LogP contribution in [-0.4, -0.2) is 18.0 Å². The van der Waals surface area contributed by atoms with Crippen molar-refractivity contribution in [3.63, 3.8) is 0 Å². The third-order valence-corrected chi connectivity index (χ3v) is 3.86. The van der Waals surface area contributed by atoms with E-state index in [0.29, 0.717) is 17.9 Å². The molecule has 0 saturated heterocycles. The van der Waals surface area contributed by atoms with Gasteiger partial charge in [0.1, 0.15) is 11.6 Å². The smallest absolute Gasteiger partial charge is 0.228 e. The van der Waals surface area contributed by atoms with Crippen LogP contribution in [0.3, 0.4) is 0 Å². The summed E-state index contributed by atoms with van der Waals surface area (Å²) in [4.78, 5) is 16.5. The van der Waals surface area contributed by atoms with Gasteiger partial charge in [0.2, 0.25) is 5.91 Å². The van der Waals surface area contributed by atoms with E-state index in [2.05, 4.69) is 15.6 Å². The molecule has 3 rings (SSSR count). The number of methoxy groups -OCH3 is 1. The van der Waals surface area contributed by atoms with E-state index in [1.807, 2.05) is 67.6 Å². The van der Waals surface area contributed by atoms with Crippen molar-refractivity contribution in [3.8, 4) is 5.75 Å². The van der Waals surface area contributed by atoms with Crippen LogP contribution in [0.15, 0.2) is 66.9 Å². The molecule has 0 bridgehead atoms. The number of carbonyl (C=O) groups is 1. The summed E-state index contributed by atoms with van der Waals surface area (Å²) in [5.41, 5.74) is 3.72. The summed E-state index contributed by atoms with van der Waals surface area (Å²) in [5.74, 6) is 1.44. The minimum absolute atomic E-state index is 0.0618. The largest absolute Gasteiger partial charge is 0.497 e. The summed E-state index contributed by atoms with van der Waals surface area (Å²) in [7, 11) is 1.63. The minimum Gasteiger partial charge on any atom is -0.497 e. The number of carbonyl (C=O) groups excluding carboxylic acids is 1. The molecule has 5 heteroatoms. The highest BCUT2D eigenvalue weighted by atomic mass is 16.5. The molecule has 2 N–H and O–H groups in total. The second-order valence-electron chi connectivity index (χ2n) is 6.00.